The lowest BCUT2D eigenvalue weighted by atomic mass is 10.0. The number of hydrogen-bond acceptors (Lipinski definition) is 4. The molecule has 1 aliphatic heterocycles. The van der Waals surface area contributed by atoms with Crippen molar-refractivity contribution in [2.24, 2.45) is 5.16 Å². The zero-order valence-electron chi connectivity index (χ0n) is 11.0. The molecule has 0 bridgehead atoms. The number of anilines is 1. The number of rotatable bonds is 3. The van der Waals surface area contributed by atoms with Crippen LogP contribution < -0.4 is 5.32 Å². The van der Waals surface area contributed by atoms with Gasteiger partial charge in [0, 0.05) is 22.7 Å². The van der Waals surface area contributed by atoms with Crippen LogP contribution in [-0.4, -0.2) is 22.7 Å². The van der Waals surface area contributed by atoms with Crippen molar-refractivity contribution in [3.8, 4) is 0 Å². The van der Waals surface area contributed by atoms with E-state index >= 15 is 0 Å². The summed E-state index contributed by atoms with van der Waals surface area (Å²) in [5.41, 5.74) is 2.35. The van der Waals surface area contributed by atoms with Gasteiger partial charge in [-0.15, -0.1) is 0 Å². The highest BCUT2D eigenvalue weighted by Gasteiger charge is 2.29. The monoisotopic (exact) mass is 345 g/mol. The largest absolute Gasteiger partial charge is 0.382 e. The Hall–Kier alpha value is -2.21. The molecule has 0 saturated heterocycles. The van der Waals surface area contributed by atoms with Crippen molar-refractivity contribution in [2.75, 3.05) is 5.32 Å². The summed E-state index contributed by atoms with van der Waals surface area (Å²) in [5.74, 6) is -0.225. The average Bonchev–Trinajstić information content (AvgIpc) is 2.98. The molecule has 1 amide bonds. The molecule has 0 fully saturated rings. The van der Waals surface area contributed by atoms with Gasteiger partial charge in [-0.1, -0.05) is 33.2 Å². The number of amides is 1. The molecule has 1 aromatic carbocycles. The molecule has 1 aliphatic rings. The van der Waals surface area contributed by atoms with Crippen molar-refractivity contribution < 1.29 is 9.63 Å². The van der Waals surface area contributed by atoms with Crippen LogP contribution in [0.4, 0.5) is 5.69 Å². The van der Waals surface area contributed by atoms with Gasteiger partial charge in [0.05, 0.1) is 17.6 Å². The van der Waals surface area contributed by atoms with E-state index in [1.165, 1.54) is 0 Å². The number of nitrogens with one attached hydrogen (secondary N) is 1. The predicted octanol–water partition coefficient (Wildman–Crippen LogP) is 2.98. The summed E-state index contributed by atoms with van der Waals surface area (Å²) < 4.78 is 0.964. The molecular formula is C15H12BrN3O2. The molecule has 0 radical (unpaired) electrons. The van der Waals surface area contributed by atoms with Crippen molar-refractivity contribution >= 4 is 33.2 Å². The molecule has 2 heterocycles. The van der Waals surface area contributed by atoms with Gasteiger partial charge in [-0.2, -0.15) is 0 Å². The molecule has 3 rings (SSSR count). The van der Waals surface area contributed by atoms with E-state index in [4.69, 9.17) is 4.84 Å². The van der Waals surface area contributed by atoms with Crippen LogP contribution >= 0.6 is 15.9 Å². The van der Waals surface area contributed by atoms with Crippen LogP contribution in [-0.2, 0) is 9.63 Å². The molecule has 1 aromatic heterocycles. The fraction of sp³-hybridized carbons (Fsp3) is 0.133. The fourth-order valence-electron chi connectivity index (χ4n) is 2.02. The van der Waals surface area contributed by atoms with Crippen molar-refractivity contribution in [3.63, 3.8) is 0 Å². The Kier molecular flexibility index (Phi) is 3.96. The molecule has 2 aromatic rings. The highest BCUT2D eigenvalue weighted by molar-refractivity contribution is 9.10. The average molecular weight is 346 g/mol. The van der Waals surface area contributed by atoms with E-state index < -0.39 is 6.10 Å². The number of benzene rings is 1. The second kappa shape index (κ2) is 6.05. The summed E-state index contributed by atoms with van der Waals surface area (Å²) in [4.78, 5) is 21.3. The Morgan fingerprint density at radius 2 is 2.24 bits per heavy atom. The van der Waals surface area contributed by atoms with Gasteiger partial charge in [0.15, 0.2) is 0 Å². The third-order valence-electron chi connectivity index (χ3n) is 3.05. The van der Waals surface area contributed by atoms with E-state index in [9.17, 15) is 4.79 Å². The van der Waals surface area contributed by atoms with Crippen LogP contribution in [0.5, 0.6) is 0 Å². The second-order valence-corrected chi connectivity index (χ2v) is 5.49. The number of aromatic nitrogens is 1. The topological polar surface area (TPSA) is 63.6 Å². The summed E-state index contributed by atoms with van der Waals surface area (Å²) in [6.45, 7) is 0. The molecule has 0 spiro atoms. The smallest absolute Gasteiger partial charge is 0.268 e. The first-order valence-electron chi connectivity index (χ1n) is 6.42. The number of carbonyl (C=O) groups is 1. The van der Waals surface area contributed by atoms with Gasteiger partial charge in [0.25, 0.3) is 5.91 Å². The van der Waals surface area contributed by atoms with Crippen LogP contribution in [0.3, 0.4) is 0 Å². The SMILES string of the molecule is O=C(Nc1cccnc1)C1CC(c2cccc(Br)c2)=NO1. The lowest BCUT2D eigenvalue weighted by Gasteiger charge is -2.08. The van der Waals surface area contributed by atoms with Gasteiger partial charge in [-0.05, 0) is 24.3 Å². The van der Waals surface area contributed by atoms with Crippen LogP contribution in [0.25, 0.3) is 0 Å². The van der Waals surface area contributed by atoms with Crippen LogP contribution in [0.15, 0.2) is 58.4 Å². The highest BCUT2D eigenvalue weighted by atomic mass is 79.9. The molecule has 106 valence electrons. The van der Waals surface area contributed by atoms with E-state index in [2.05, 4.69) is 31.4 Å². The molecule has 0 aliphatic carbocycles. The number of halogens is 1. The zero-order chi connectivity index (χ0) is 14.7. The summed E-state index contributed by atoms with van der Waals surface area (Å²) in [6.07, 6.45) is 3.07. The molecule has 1 N–H and O–H groups in total. The molecule has 0 saturated carbocycles. The summed E-state index contributed by atoms with van der Waals surface area (Å²) in [5, 5.41) is 6.77. The maximum absolute atomic E-state index is 12.1. The van der Waals surface area contributed by atoms with E-state index in [0.29, 0.717) is 12.1 Å². The van der Waals surface area contributed by atoms with E-state index in [-0.39, 0.29) is 5.91 Å². The van der Waals surface area contributed by atoms with E-state index in [1.807, 2.05) is 24.3 Å². The van der Waals surface area contributed by atoms with Gasteiger partial charge in [0.1, 0.15) is 0 Å². The third-order valence-corrected chi connectivity index (χ3v) is 3.54. The highest BCUT2D eigenvalue weighted by Crippen LogP contribution is 2.20. The van der Waals surface area contributed by atoms with Gasteiger partial charge in [-0.25, -0.2) is 0 Å². The lowest BCUT2D eigenvalue weighted by molar-refractivity contribution is -0.125. The van der Waals surface area contributed by atoms with Crippen LogP contribution in [0, 0.1) is 0 Å². The Labute approximate surface area is 130 Å². The molecule has 1 atom stereocenters. The number of hydrogen-bond donors (Lipinski definition) is 1. The molecule has 1 unspecified atom stereocenters. The zero-order valence-corrected chi connectivity index (χ0v) is 12.6. The predicted molar refractivity (Wildman–Crippen MR) is 83.0 cm³/mol. The Morgan fingerprint density at radius 3 is 3.00 bits per heavy atom. The minimum Gasteiger partial charge on any atom is -0.382 e. The van der Waals surface area contributed by atoms with Gasteiger partial charge < -0.3 is 10.2 Å². The van der Waals surface area contributed by atoms with Crippen molar-refractivity contribution in [1.82, 2.24) is 4.98 Å². The standard InChI is InChI=1S/C15H12BrN3O2/c16-11-4-1-3-10(7-11)13-8-14(21-19-13)15(20)18-12-5-2-6-17-9-12/h1-7,9,14H,8H2,(H,18,20). The first-order valence-corrected chi connectivity index (χ1v) is 7.21. The van der Waals surface area contributed by atoms with Crippen molar-refractivity contribution in [1.29, 1.82) is 0 Å². The Balaban J connectivity index is 1.65. The maximum atomic E-state index is 12.1. The van der Waals surface area contributed by atoms with Crippen LogP contribution in [0.1, 0.15) is 12.0 Å². The molecular weight excluding hydrogens is 334 g/mol. The van der Waals surface area contributed by atoms with Crippen LogP contribution in [0.2, 0.25) is 0 Å². The van der Waals surface area contributed by atoms with E-state index in [0.717, 1.165) is 15.7 Å². The first kappa shape index (κ1) is 13.8. The quantitative estimate of drug-likeness (QED) is 0.929. The van der Waals surface area contributed by atoms with Crippen molar-refractivity contribution in [2.45, 2.75) is 12.5 Å². The second-order valence-electron chi connectivity index (χ2n) is 4.58. The summed E-state index contributed by atoms with van der Waals surface area (Å²) >= 11 is 3.42. The number of carbonyl (C=O) groups excluding carboxylic acids is 1. The number of oxime groups is 1. The summed E-state index contributed by atoms with van der Waals surface area (Å²) in [6, 6.07) is 11.3. The fourth-order valence-corrected chi connectivity index (χ4v) is 2.42. The van der Waals surface area contributed by atoms with Gasteiger partial charge in [0.2, 0.25) is 6.10 Å². The lowest BCUT2D eigenvalue weighted by Crippen LogP contribution is -2.28. The van der Waals surface area contributed by atoms with Gasteiger partial charge in [-0.3, -0.25) is 9.78 Å². The molecule has 5 nitrogen and oxygen atoms in total. The first-order chi connectivity index (χ1) is 10.2. The minimum absolute atomic E-state index is 0.225. The number of nitrogens with zero attached hydrogens (tertiary/aromatic N) is 2. The normalized spacial score (nSPS) is 17.0. The Morgan fingerprint density at radius 1 is 1.33 bits per heavy atom. The third kappa shape index (κ3) is 3.28. The maximum Gasteiger partial charge on any atom is 0.268 e. The van der Waals surface area contributed by atoms with Crippen molar-refractivity contribution in [3.05, 3.63) is 58.8 Å². The summed E-state index contributed by atoms with van der Waals surface area (Å²) in [7, 11) is 0. The molecule has 6 heteroatoms. The molecule has 21 heavy (non-hydrogen) atoms. The number of pyridine rings is 1. The minimum atomic E-state index is -0.612. The van der Waals surface area contributed by atoms with Gasteiger partial charge >= 0.3 is 0 Å². The Bertz CT molecular complexity index is 688. The van der Waals surface area contributed by atoms with E-state index in [1.54, 1.807) is 24.5 Å².